The van der Waals surface area contributed by atoms with Crippen LogP contribution in [0.1, 0.15) is 16.1 Å². The normalized spacial score (nSPS) is 15.6. The molecule has 3 aromatic rings. The Hall–Kier alpha value is -2.11. The van der Waals surface area contributed by atoms with Gasteiger partial charge in [-0.3, -0.25) is 9.69 Å². The molecule has 25 heavy (non-hydrogen) atoms. The number of rotatable bonds is 3. The molecule has 2 aromatic carbocycles. The largest absolute Gasteiger partial charge is 0.351 e. The molecule has 4 nitrogen and oxygen atoms in total. The Kier molecular flexibility index (Phi) is 4.59. The first kappa shape index (κ1) is 16.4. The molecule has 1 N–H and O–H groups in total. The van der Waals surface area contributed by atoms with Crippen molar-refractivity contribution in [1.29, 1.82) is 0 Å². The van der Waals surface area contributed by atoms with E-state index in [1.54, 1.807) is 0 Å². The van der Waals surface area contributed by atoms with E-state index in [0.29, 0.717) is 5.69 Å². The van der Waals surface area contributed by atoms with Gasteiger partial charge < -0.3 is 9.88 Å². The number of aromatic amines is 1. The van der Waals surface area contributed by atoms with Crippen molar-refractivity contribution in [3.63, 3.8) is 0 Å². The summed E-state index contributed by atoms with van der Waals surface area (Å²) in [5.74, 6) is 0.0968. The van der Waals surface area contributed by atoms with Crippen molar-refractivity contribution >= 4 is 32.7 Å². The van der Waals surface area contributed by atoms with Crippen LogP contribution in [0.4, 0.5) is 0 Å². The van der Waals surface area contributed by atoms with Crippen LogP contribution in [-0.2, 0) is 6.54 Å². The highest BCUT2D eigenvalue weighted by Gasteiger charge is 2.23. The maximum Gasteiger partial charge on any atom is 0.270 e. The van der Waals surface area contributed by atoms with E-state index < -0.39 is 0 Å². The van der Waals surface area contributed by atoms with Crippen LogP contribution in [0.25, 0.3) is 10.9 Å². The fourth-order valence-electron chi connectivity index (χ4n) is 3.32. The van der Waals surface area contributed by atoms with Crippen LogP contribution in [0.5, 0.6) is 0 Å². The van der Waals surface area contributed by atoms with Crippen LogP contribution in [0, 0.1) is 0 Å². The third-order valence-corrected chi connectivity index (χ3v) is 5.27. The standard InChI is InChI=1S/C20H20BrN3O/c21-17-7-5-15(6-8-17)14-23-9-11-24(12-10-23)20(25)19-13-16-3-1-2-4-18(16)22-19/h1-8,13,22H,9-12,14H2. The number of hydrogen-bond donors (Lipinski definition) is 1. The predicted octanol–water partition coefficient (Wildman–Crippen LogP) is 3.89. The maximum atomic E-state index is 12.7. The van der Waals surface area contributed by atoms with E-state index >= 15 is 0 Å². The van der Waals surface area contributed by atoms with Crippen molar-refractivity contribution < 1.29 is 4.79 Å². The summed E-state index contributed by atoms with van der Waals surface area (Å²) in [6.45, 7) is 4.28. The molecule has 0 bridgehead atoms. The van der Waals surface area contributed by atoms with Crippen LogP contribution in [0.2, 0.25) is 0 Å². The average molecular weight is 398 g/mol. The molecule has 1 saturated heterocycles. The van der Waals surface area contributed by atoms with Crippen LogP contribution in [-0.4, -0.2) is 46.9 Å². The number of aromatic nitrogens is 1. The topological polar surface area (TPSA) is 39.3 Å². The number of piperazine rings is 1. The Bertz CT molecular complexity index is 846. The first-order valence-corrected chi connectivity index (χ1v) is 9.32. The monoisotopic (exact) mass is 397 g/mol. The van der Waals surface area contributed by atoms with Gasteiger partial charge in [0.2, 0.25) is 0 Å². The molecule has 0 aliphatic carbocycles. The van der Waals surface area contributed by atoms with Crippen LogP contribution in [0.15, 0.2) is 59.1 Å². The molecular formula is C20H20BrN3O. The molecule has 4 rings (SSSR count). The number of para-hydroxylation sites is 1. The Morgan fingerprint density at radius 2 is 1.72 bits per heavy atom. The summed E-state index contributed by atoms with van der Waals surface area (Å²) in [6.07, 6.45) is 0. The van der Waals surface area contributed by atoms with E-state index in [9.17, 15) is 4.79 Å². The lowest BCUT2D eigenvalue weighted by Crippen LogP contribution is -2.48. The minimum absolute atomic E-state index is 0.0968. The zero-order valence-electron chi connectivity index (χ0n) is 13.9. The molecule has 1 fully saturated rings. The summed E-state index contributed by atoms with van der Waals surface area (Å²) in [6, 6.07) is 18.4. The number of carbonyl (C=O) groups is 1. The molecule has 1 aliphatic heterocycles. The average Bonchev–Trinajstić information content (AvgIpc) is 3.08. The van der Waals surface area contributed by atoms with Crippen molar-refractivity contribution in [3.8, 4) is 0 Å². The smallest absolute Gasteiger partial charge is 0.270 e. The van der Waals surface area contributed by atoms with Crippen molar-refractivity contribution in [2.45, 2.75) is 6.54 Å². The Labute approximate surface area is 155 Å². The SMILES string of the molecule is O=C(c1cc2ccccc2[nH]1)N1CCN(Cc2ccc(Br)cc2)CC1. The zero-order chi connectivity index (χ0) is 17.2. The number of carbonyl (C=O) groups excluding carboxylic acids is 1. The summed E-state index contributed by atoms with van der Waals surface area (Å²) in [5, 5.41) is 1.08. The summed E-state index contributed by atoms with van der Waals surface area (Å²) in [4.78, 5) is 20.3. The van der Waals surface area contributed by atoms with Gasteiger partial charge in [0.25, 0.3) is 5.91 Å². The molecule has 2 heterocycles. The minimum Gasteiger partial charge on any atom is -0.351 e. The molecule has 1 aliphatic rings. The van der Waals surface area contributed by atoms with Gasteiger partial charge in [-0.25, -0.2) is 0 Å². The molecule has 5 heteroatoms. The highest BCUT2D eigenvalue weighted by molar-refractivity contribution is 9.10. The number of hydrogen-bond acceptors (Lipinski definition) is 2. The summed E-state index contributed by atoms with van der Waals surface area (Å²) in [5.41, 5.74) is 3.00. The van der Waals surface area contributed by atoms with E-state index in [1.165, 1.54) is 5.56 Å². The molecule has 0 spiro atoms. The van der Waals surface area contributed by atoms with Gasteiger partial charge in [0.05, 0.1) is 0 Å². The predicted molar refractivity (Wildman–Crippen MR) is 104 cm³/mol. The second-order valence-corrected chi connectivity index (χ2v) is 7.38. The summed E-state index contributed by atoms with van der Waals surface area (Å²) >= 11 is 3.47. The lowest BCUT2D eigenvalue weighted by Gasteiger charge is -2.34. The van der Waals surface area contributed by atoms with Gasteiger partial charge in [-0.15, -0.1) is 0 Å². The van der Waals surface area contributed by atoms with Crippen LogP contribution < -0.4 is 0 Å². The first-order valence-electron chi connectivity index (χ1n) is 8.53. The van der Waals surface area contributed by atoms with Crippen LogP contribution >= 0.6 is 15.9 Å². The van der Waals surface area contributed by atoms with Crippen molar-refractivity contribution in [2.24, 2.45) is 0 Å². The third kappa shape index (κ3) is 3.62. The van der Waals surface area contributed by atoms with E-state index in [2.05, 4.69) is 50.1 Å². The van der Waals surface area contributed by atoms with Gasteiger partial charge in [-0.2, -0.15) is 0 Å². The third-order valence-electron chi connectivity index (χ3n) is 4.74. The molecule has 1 amide bonds. The molecular weight excluding hydrogens is 378 g/mol. The molecule has 0 radical (unpaired) electrons. The lowest BCUT2D eigenvalue weighted by molar-refractivity contribution is 0.0623. The number of fused-ring (bicyclic) bond motifs is 1. The highest BCUT2D eigenvalue weighted by atomic mass is 79.9. The quantitative estimate of drug-likeness (QED) is 0.727. The first-order chi connectivity index (χ1) is 12.2. The van der Waals surface area contributed by atoms with Gasteiger partial charge in [-0.1, -0.05) is 46.3 Å². The molecule has 0 saturated carbocycles. The number of nitrogens with zero attached hydrogens (tertiary/aromatic N) is 2. The number of nitrogens with one attached hydrogen (secondary N) is 1. The summed E-state index contributed by atoms with van der Waals surface area (Å²) < 4.78 is 1.10. The Morgan fingerprint density at radius 1 is 1.00 bits per heavy atom. The highest BCUT2D eigenvalue weighted by Crippen LogP contribution is 2.18. The lowest BCUT2D eigenvalue weighted by atomic mass is 10.2. The number of benzene rings is 2. The molecule has 128 valence electrons. The van der Waals surface area contributed by atoms with Gasteiger partial charge in [0.15, 0.2) is 0 Å². The van der Waals surface area contributed by atoms with E-state index in [0.717, 1.165) is 48.1 Å². The van der Waals surface area contributed by atoms with E-state index in [1.807, 2.05) is 35.2 Å². The Balaban J connectivity index is 1.37. The second-order valence-electron chi connectivity index (χ2n) is 6.47. The Morgan fingerprint density at radius 3 is 2.44 bits per heavy atom. The fourth-order valence-corrected chi connectivity index (χ4v) is 3.58. The van der Waals surface area contributed by atoms with Gasteiger partial charge in [0, 0.05) is 48.1 Å². The van der Waals surface area contributed by atoms with Crippen molar-refractivity contribution in [3.05, 3.63) is 70.3 Å². The maximum absolute atomic E-state index is 12.7. The number of halogens is 1. The number of H-pyrrole nitrogens is 1. The zero-order valence-corrected chi connectivity index (χ0v) is 15.5. The molecule has 1 aromatic heterocycles. The molecule has 0 atom stereocenters. The van der Waals surface area contributed by atoms with E-state index in [-0.39, 0.29) is 5.91 Å². The van der Waals surface area contributed by atoms with Crippen molar-refractivity contribution in [2.75, 3.05) is 26.2 Å². The van der Waals surface area contributed by atoms with Crippen molar-refractivity contribution in [1.82, 2.24) is 14.8 Å². The van der Waals surface area contributed by atoms with Gasteiger partial charge in [0.1, 0.15) is 5.69 Å². The van der Waals surface area contributed by atoms with Gasteiger partial charge >= 0.3 is 0 Å². The minimum atomic E-state index is 0.0968. The fraction of sp³-hybridized carbons (Fsp3) is 0.250. The summed E-state index contributed by atoms with van der Waals surface area (Å²) in [7, 11) is 0. The number of amides is 1. The molecule has 0 unspecified atom stereocenters. The second kappa shape index (κ2) is 7.02. The van der Waals surface area contributed by atoms with Gasteiger partial charge in [-0.05, 0) is 29.8 Å². The van der Waals surface area contributed by atoms with E-state index in [4.69, 9.17) is 0 Å². The van der Waals surface area contributed by atoms with Crippen LogP contribution in [0.3, 0.4) is 0 Å².